The van der Waals surface area contributed by atoms with E-state index in [-0.39, 0.29) is 0 Å². The van der Waals surface area contributed by atoms with Crippen molar-refractivity contribution in [2.45, 2.75) is 37.6 Å². The van der Waals surface area contributed by atoms with Crippen LogP contribution < -0.4 is 5.32 Å². The van der Waals surface area contributed by atoms with Gasteiger partial charge in [-0.25, -0.2) is 0 Å². The Morgan fingerprint density at radius 3 is 2.47 bits per heavy atom. The second-order valence-electron chi connectivity index (χ2n) is 5.85. The average molecular weight is 323 g/mol. The van der Waals surface area contributed by atoms with E-state index in [1.54, 1.807) is 0 Å². The second-order valence-corrected chi connectivity index (χ2v) is 6.76. The summed E-state index contributed by atoms with van der Waals surface area (Å²) in [5.41, 5.74) is 1.51. The van der Waals surface area contributed by atoms with Gasteiger partial charge in [0.2, 0.25) is 0 Å². The predicted molar refractivity (Wildman–Crippen MR) is 83.6 cm³/mol. The molecule has 3 heteroatoms. The van der Waals surface area contributed by atoms with Crippen molar-refractivity contribution in [2.75, 3.05) is 26.2 Å². The highest BCUT2D eigenvalue weighted by Crippen LogP contribution is 2.31. The Bertz CT molecular complexity index is 407. The number of halogens is 1. The Morgan fingerprint density at radius 1 is 1.05 bits per heavy atom. The average Bonchev–Trinajstić information content (AvgIpc) is 2.48. The summed E-state index contributed by atoms with van der Waals surface area (Å²) in [6.45, 7) is 4.97. The van der Waals surface area contributed by atoms with Gasteiger partial charge in [0.1, 0.15) is 0 Å². The Morgan fingerprint density at radius 2 is 1.79 bits per heavy atom. The SMILES string of the molecule is Brc1cccc(C2CCN(C3CCNCC3)CC2)c1. The van der Waals surface area contributed by atoms with E-state index in [0.717, 1.165) is 12.0 Å². The maximum absolute atomic E-state index is 3.59. The van der Waals surface area contributed by atoms with Crippen molar-refractivity contribution in [1.82, 2.24) is 10.2 Å². The fourth-order valence-electron chi connectivity index (χ4n) is 3.53. The molecule has 2 aliphatic heterocycles. The normalized spacial score (nSPS) is 23.6. The van der Waals surface area contributed by atoms with E-state index >= 15 is 0 Å². The number of nitrogens with zero attached hydrogens (tertiary/aromatic N) is 1. The van der Waals surface area contributed by atoms with Crippen LogP contribution in [0.5, 0.6) is 0 Å². The molecule has 104 valence electrons. The minimum absolute atomic E-state index is 0.760. The smallest absolute Gasteiger partial charge is 0.0178 e. The molecule has 0 spiro atoms. The molecule has 2 fully saturated rings. The molecule has 0 saturated carbocycles. The van der Waals surface area contributed by atoms with Crippen molar-refractivity contribution >= 4 is 15.9 Å². The number of rotatable bonds is 2. The van der Waals surface area contributed by atoms with E-state index in [9.17, 15) is 0 Å². The van der Waals surface area contributed by atoms with Gasteiger partial charge in [0, 0.05) is 10.5 Å². The summed E-state index contributed by atoms with van der Waals surface area (Å²) in [4.78, 5) is 2.73. The number of benzene rings is 1. The Kier molecular flexibility index (Phi) is 4.57. The van der Waals surface area contributed by atoms with Crippen LogP contribution >= 0.6 is 15.9 Å². The van der Waals surface area contributed by atoms with Crippen LogP contribution in [0.1, 0.15) is 37.2 Å². The first kappa shape index (κ1) is 13.6. The van der Waals surface area contributed by atoms with Crippen molar-refractivity contribution in [1.29, 1.82) is 0 Å². The van der Waals surface area contributed by atoms with Gasteiger partial charge in [-0.15, -0.1) is 0 Å². The molecular weight excluding hydrogens is 300 g/mol. The number of likely N-dealkylation sites (tertiary alicyclic amines) is 1. The molecule has 1 N–H and O–H groups in total. The van der Waals surface area contributed by atoms with Gasteiger partial charge < -0.3 is 10.2 Å². The summed E-state index contributed by atoms with van der Waals surface area (Å²) in [6.07, 6.45) is 5.31. The van der Waals surface area contributed by atoms with Gasteiger partial charge in [-0.2, -0.15) is 0 Å². The number of piperidine rings is 2. The number of hydrogen-bond donors (Lipinski definition) is 1. The molecule has 2 saturated heterocycles. The largest absolute Gasteiger partial charge is 0.317 e. The van der Waals surface area contributed by atoms with Crippen molar-refractivity contribution in [2.24, 2.45) is 0 Å². The van der Waals surface area contributed by atoms with Crippen LogP contribution in [0.15, 0.2) is 28.7 Å². The zero-order valence-electron chi connectivity index (χ0n) is 11.4. The summed E-state index contributed by atoms with van der Waals surface area (Å²) in [7, 11) is 0. The van der Waals surface area contributed by atoms with Crippen LogP contribution in [-0.2, 0) is 0 Å². The maximum atomic E-state index is 3.59. The molecule has 2 heterocycles. The van der Waals surface area contributed by atoms with Gasteiger partial charge in [0.15, 0.2) is 0 Å². The van der Waals surface area contributed by atoms with Crippen molar-refractivity contribution in [3.05, 3.63) is 34.3 Å². The zero-order chi connectivity index (χ0) is 13.1. The molecule has 2 aliphatic rings. The predicted octanol–water partition coefficient (Wildman–Crippen LogP) is 3.38. The molecule has 0 unspecified atom stereocenters. The molecule has 1 aromatic carbocycles. The molecule has 0 aromatic heterocycles. The fraction of sp³-hybridized carbons (Fsp3) is 0.625. The van der Waals surface area contributed by atoms with Crippen LogP contribution in [0.25, 0.3) is 0 Å². The van der Waals surface area contributed by atoms with E-state index in [1.165, 1.54) is 61.9 Å². The Hall–Kier alpha value is -0.380. The number of hydrogen-bond acceptors (Lipinski definition) is 2. The maximum Gasteiger partial charge on any atom is 0.0178 e. The molecule has 0 radical (unpaired) electrons. The Balaban J connectivity index is 1.57. The molecule has 3 rings (SSSR count). The van der Waals surface area contributed by atoms with Gasteiger partial charge in [0.25, 0.3) is 0 Å². The van der Waals surface area contributed by atoms with E-state index in [4.69, 9.17) is 0 Å². The van der Waals surface area contributed by atoms with E-state index < -0.39 is 0 Å². The van der Waals surface area contributed by atoms with Crippen LogP contribution in [0, 0.1) is 0 Å². The van der Waals surface area contributed by atoms with Gasteiger partial charge >= 0.3 is 0 Å². The highest BCUT2D eigenvalue weighted by Gasteiger charge is 2.26. The summed E-state index contributed by atoms with van der Waals surface area (Å²) in [5.74, 6) is 0.760. The highest BCUT2D eigenvalue weighted by molar-refractivity contribution is 9.10. The third kappa shape index (κ3) is 3.39. The van der Waals surface area contributed by atoms with E-state index in [2.05, 4.69) is 50.4 Å². The Labute approximate surface area is 124 Å². The third-order valence-electron chi connectivity index (χ3n) is 4.67. The zero-order valence-corrected chi connectivity index (χ0v) is 13.0. The topological polar surface area (TPSA) is 15.3 Å². The van der Waals surface area contributed by atoms with Crippen molar-refractivity contribution in [3.63, 3.8) is 0 Å². The van der Waals surface area contributed by atoms with Crippen LogP contribution in [0.4, 0.5) is 0 Å². The van der Waals surface area contributed by atoms with E-state index in [1.807, 2.05) is 0 Å². The van der Waals surface area contributed by atoms with Crippen LogP contribution in [0.2, 0.25) is 0 Å². The lowest BCUT2D eigenvalue weighted by Gasteiger charge is -2.39. The summed E-state index contributed by atoms with van der Waals surface area (Å²) in [5, 5.41) is 3.46. The van der Waals surface area contributed by atoms with Crippen LogP contribution in [0.3, 0.4) is 0 Å². The molecule has 0 amide bonds. The molecule has 2 nitrogen and oxygen atoms in total. The van der Waals surface area contributed by atoms with Crippen molar-refractivity contribution < 1.29 is 0 Å². The van der Waals surface area contributed by atoms with Crippen molar-refractivity contribution in [3.8, 4) is 0 Å². The highest BCUT2D eigenvalue weighted by atomic mass is 79.9. The molecule has 0 atom stereocenters. The lowest BCUT2D eigenvalue weighted by Crippen LogP contribution is -2.46. The molecular formula is C16H23BrN2. The first-order valence-corrected chi connectivity index (χ1v) is 8.32. The van der Waals surface area contributed by atoms with Gasteiger partial charge in [-0.05, 0) is 75.5 Å². The quantitative estimate of drug-likeness (QED) is 0.898. The van der Waals surface area contributed by atoms with E-state index in [0.29, 0.717) is 0 Å². The first-order chi connectivity index (χ1) is 9.33. The summed E-state index contributed by atoms with van der Waals surface area (Å²) < 4.78 is 1.21. The third-order valence-corrected chi connectivity index (χ3v) is 5.17. The molecule has 0 aliphatic carbocycles. The lowest BCUT2D eigenvalue weighted by molar-refractivity contribution is 0.127. The monoisotopic (exact) mass is 322 g/mol. The molecule has 19 heavy (non-hydrogen) atoms. The standard InChI is InChI=1S/C16H23BrN2/c17-15-3-1-2-14(12-15)13-6-10-19(11-7-13)16-4-8-18-9-5-16/h1-3,12-13,16,18H,4-11H2. The van der Waals surface area contributed by atoms with Crippen LogP contribution in [-0.4, -0.2) is 37.1 Å². The van der Waals surface area contributed by atoms with Gasteiger partial charge in [-0.3, -0.25) is 0 Å². The summed E-state index contributed by atoms with van der Waals surface area (Å²) >= 11 is 3.59. The van der Waals surface area contributed by atoms with Gasteiger partial charge in [0.05, 0.1) is 0 Å². The second kappa shape index (κ2) is 6.38. The molecule has 0 bridgehead atoms. The van der Waals surface area contributed by atoms with Gasteiger partial charge in [-0.1, -0.05) is 28.1 Å². The minimum Gasteiger partial charge on any atom is -0.317 e. The fourth-order valence-corrected chi connectivity index (χ4v) is 3.95. The first-order valence-electron chi connectivity index (χ1n) is 7.53. The minimum atomic E-state index is 0.760. The summed E-state index contributed by atoms with van der Waals surface area (Å²) in [6, 6.07) is 9.71. The number of nitrogens with one attached hydrogen (secondary N) is 1. The molecule has 1 aromatic rings. The lowest BCUT2D eigenvalue weighted by atomic mass is 9.88.